The highest BCUT2D eigenvalue weighted by Crippen LogP contribution is 2.30. The van der Waals surface area contributed by atoms with E-state index in [-0.39, 0.29) is 23.9 Å². The van der Waals surface area contributed by atoms with Crippen molar-refractivity contribution in [3.63, 3.8) is 0 Å². The van der Waals surface area contributed by atoms with Crippen LogP contribution in [0.1, 0.15) is 17.5 Å². The summed E-state index contributed by atoms with van der Waals surface area (Å²) in [6.07, 6.45) is 2.63. The summed E-state index contributed by atoms with van der Waals surface area (Å²) >= 11 is 1.47. The van der Waals surface area contributed by atoms with Crippen molar-refractivity contribution in [1.29, 1.82) is 0 Å². The van der Waals surface area contributed by atoms with Gasteiger partial charge in [0.25, 0.3) is 5.56 Å². The molecule has 4 rings (SSSR count). The minimum Gasteiger partial charge on any atom is -0.354 e. The molecule has 6 nitrogen and oxygen atoms in total. The number of thiophene rings is 1. The average molecular weight is 475 g/mol. The molecule has 0 fully saturated rings. The molecule has 2 aromatic heterocycles. The van der Waals surface area contributed by atoms with Crippen LogP contribution in [0.25, 0.3) is 21.3 Å². The van der Waals surface area contributed by atoms with E-state index in [2.05, 4.69) is 27.3 Å². The lowest BCUT2D eigenvalue weighted by molar-refractivity contribution is -0.121. The molecule has 4 aromatic rings. The fraction of sp³-hybridized carbons (Fsp3) is 0.296. The Morgan fingerprint density at radius 2 is 1.85 bits per heavy atom. The number of hydrogen-bond donors (Lipinski definition) is 1. The van der Waals surface area contributed by atoms with Crippen molar-refractivity contribution < 1.29 is 4.79 Å². The zero-order valence-electron chi connectivity index (χ0n) is 19.8. The van der Waals surface area contributed by atoms with Crippen molar-refractivity contribution in [2.24, 2.45) is 0 Å². The van der Waals surface area contributed by atoms with Gasteiger partial charge in [-0.05, 0) is 38.6 Å². The van der Waals surface area contributed by atoms with Crippen LogP contribution in [0.2, 0.25) is 0 Å². The molecule has 176 valence electrons. The number of benzene rings is 2. The number of rotatable bonds is 9. The van der Waals surface area contributed by atoms with Gasteiger partial charge < -0.3 is 10.2 Å². The first-order valence-electron chi connectivity index (χ1n) is 11.4. The van der Waals surface area contributed by atoms with Gasteiger partial charge in [-0.1, -0.05) is 60.2 Å². The molecule has 0 spiro atoms. The number of nitrogens with one attached hydrogen (secondary N) is 1. The molecule has 2 heterocycles. The monoisotopic (exact) mass is 474 g/mol. The number of aromatic nitrogens is 2. The molecular weight excluding hydrogens is 444 g/mol. The van der Waals surface area contributed by atoms with Crippen LogP contribution in [0.5, 0.6) is 0 Å². The number of carbonyl (C=O) groups excluding carboxylic acids is 1. The maximum Gasteiger partial charge on any atom is 0.262 e. The van der Waals surface area contributed by atoms with Crippen LogP contribution in [-0.2, 0) is 17.8 Å². The molecule has 1 amide bonds. The maximum absolute atomic E-state index is 13.2. The van der Waals surface area contributed by atoms with Gasteiger partial charge in [0, 0.05) is 36.5 Å². The second-order valence-electron chi connectivity index (χ2n) is 8.80. The molecular formula is C27H30N4O2S. The minimum atomic E-state index is -0.107. The highest BCUT2D eigenvalue weighted by Gasteiger charge is 2.16. The van der Waals surface area contributed by atoms with E-state index in [1.165, 1.54) is 22.5 Å². The van der Waals surface area contributed by atoms with Crippen LogP contribution in [0.3, 0.4) is 0 Å². The predicted octanol–water partition coefficient (Wildman–Crippen LogP) is 4.11. The molecule has 0 aliphatic rings. The largest absolute Gasteiger partial charge is 0.354 e. The van der Waals surface area contributed by atoms with Crippen molar-refractivity contribution in [2.45, 2.75) is 32.4 Å². The second kappa shape index (κ2) is 10.8. The van der Waals surface area contributed by atoms with Crippen molar-refractivity contribution in [2.75, 3.05) is 20.6 Å². The Labute approximate surface area is 203 Å². The molecule has 2 aromatic carbocycles. The van der Waals surface area contributed by atoms with Crippen molar-refractivity contribution in [3.8, 4) is 11.1 Å². The summed E-state index contributed by atoms with van der Waals surface area (Å²) in [4.78, 5) is 33.1. The third-order valence-corrected chi connectivity index (χ3v) is 6.97. The van der Waals surface area contributed by atoms with Crippen molar-refractivity contribution in [3.05, 3.63) is 87.8 Å². The molecule has 0 aliphatic heterocycles. The fourth-order valence-corrected chi connectivity index (χ4v) is 4.84. The molecule has 0 bridgehead atoms. The third kappa shape index (κ3) is 5.61. The molecule has 0 saturated heterocycles. The van der Waals surface area contributed by atoms with E-state index in [9.17, 15) is 9.59 Å². The number of hydrogen-bond acceptors (Lipinski definition) is 5. The Balaban J connectivity index is 1.41. The summed E-state index contributed by atoms with van der Waals surface area (Å²) < 4.78 is 1.54. The molecule has 1 N–H and O–H groups in total. The minimum absolute atomic E-state index is 0.0732. The summed E-state index contributed by atoms with van der Waals surface area (Å²) in [6.45, 7) is 2.88. The number of aryl methyl sites for hydroxylation is 2. The van der Waals surface area contributed by atoms with Crippen LogP contribution in [0.15, 0.2) is 71.1 Å². The average Bonchev–Trinajstić information content (AvgIpc) is 3.27. The van der Waals surface area contributed by atoms with Gasteiger partial charge in [-0.25, -0.2) is 4.98 Å². The lowest BCUT2D eigenvalue weighted by Crippen LogP contribution is -2.42. The number of fused-ring (bicyclic) bond motifs is 1. The third-order valence-electron chi connectivity index (χ3n) is 6.08. The second-order valence-corrected chi connectivity index (χ2v) is 9.66. The molecule has 1 atom stereocenters. The summed E-state index contributed by atoms with van der Waals surface area (Å²) in [6, 6.07) is 18.6. The lowest BCUT2D eigenvalue weighted by Gasteiger charge is -2.24. The van der Waals surface area contributed by atoms with Gasteiger partial charge in [0.2, 0.25) is 5.91 Å². The van der Waals surface area contributed by atoms with Gasteiger partial charge in [0.15, 0.2) is 0 Å². The molecule has 34 heavy (non-hydrogen) atoms. The Bertz CT molecular complexity index is 1310. The zero-order valence-corrected chi connectivity index (χ0v) is 20.6. The first-order chi connectivity index (χ1) is 16.4. The van der Waals surface area contributed by atoms with Gasteiger partial charge in [-0.2, -0.15) is 0 Å². The molecule has 0 unspecified atom stereocenters. The Kier molecular flexibility index (Phi) is 7.55. The summed E-state index contributed by atoms with van der Waals surface area (Å²) in [5.74, 6) is -0.0732. The molecule has 7 heteroatoms. The van der Waals surface area contributed by atoms with Crippen molar-refractivity contribution >= 4 is 27.5 Å². The molecule has 0 saturated carbocycles. The summed E-state index contributed by atoms with van der Waals surface area (Å²) in [5, 5.41) is 5.63. The van der Waals surface area contributed by atoms with E-state index in [1.807, 2.05) is 68.9 Å². The number of nitrogens with zero attached hydrogens (tertiary/aromatic N) is 3. The van der Waals surface area contributed by atoms with Gasteiger partial charge in [-0.3, -0.25) is 14.2 Å². The van der Waals surface area contributed by atoms with Gasteiger partial charge in [0.05, 0.1) is 11.7 Å². The maximum atomic E-state index is 13.2. The van der Waals surface area contributed by atoms with Gasteiger partial charge in [0.1, 0.15) is 4.83 Å². The van der Waals surface area contributed by atoms with E-state index in [0.717, 1.165) is 22.4 Å². The Morgan fingerprint density at radius 3 is 2.56 bits per heavy atom. The summed E-state index contributed by atoms with van der Waals surface area (Å²) in [5.41, 5.74) is 4.20. The van der Waals surface area contributed by atoms with E-state index < -0.39 is 0 Å². The first-order valence-corrected chi connectivity index (χ1v) is 12.3. The van der Waals surface area contributed by atoms with Crippen LogP contribution >= 0.6 is 11.3 Å². The first kappa shape index (κ1) is 23.9. The highest BCUT2D eigenvalue weighted by molar-refractivity contribution is 7.17. The quantitative estimate of drug-likeness (QED) is 0.396. The number of likely N-dealkylation sites (N-methyl/N-ethyl adjacent to an activating group) is 1. The Morgan fingerprint density at radius 1 is 1.12 bits per heavy atom. The molecule has 0 radical (unpaired) electrons. The predicted molar refractivity (Wildman–Crippen MR) is 139 cm³/mol. The van der Waals surface area contributed by atoms with Crippen molar-refractivity contribution in [1.82, 2.24) is 19.8 Å². The van der Waals surface area contributed by atoms with Crippen LogP contribution in [0.4, 0.5) is 0 Å². The highest BCUT2D eigenvalue weighted by atomic mass is 32.1. The topological polar surface area (TPSA) is 67.2 Å². The SMILES string of the molecule is Cc1ccc(-c2csc3ncn(CCC(=O)NC[C@@H](Cc4ccccc4)N(C)C)c(=O)c23)cc1. The van der Waals surface area contributed by atoms with Gasteiger partial charge >= 0.3 is 0 Å². The smallest absolute Gasteiger partial charge is 0.262 e. The van der Waals surface area contributed by atoms with Gasteiger partial charge in [-0.15, -0.1) is 11.3 Å². The zero-order chi connectivity index (χ0) is 24.1. The summed E-state index contributed by atoms with van der Waals surface area (Å²) in [7, 11) is 4.04. The van der Waals surface area contributed by atoms with Crippen LogP contribution in [0, 0.1) is 6.92 Å². The van der Waals surface area contributed by atoms with E-state index in [4.69, 9.17) is 0 Å². The number of carbonyl (C=O) groups is 1. The normalized spacial score (nSPS) is 12.2. The lowest BCUT2D eigenvalue weighted by atomic mass is 10.1. The number of amides is 1. The van der Waals surface area contributed by atoms with E-state index in [0.29, 0.717) is 18.5 Å². The van der Waals surface area contributed by atoms with Crippen LogP contribution in [-0.4, -0.2) is 47.0 Å². The fourth-order valence-electron chi connectivity index (χ4n) is 3.94. The van der Waals surface area contributed by atoms with E-state index in [1.54, 1.807) is 10.9 Å². The molecule has 0 aliphatic carbocycles. The van der Waals surface area contributed by atoms with E-state index >= 15 is 0 Å². The van der Waals surface area contributed by atoms with Crippen LogP contribution < -0.4 is 10.9 Å². The standard InChI is InChI=1S/C27H30N4O2S/c1-19-9-11-21(12-10-19)23-17-34-26-25(23)27(33)31(18-29-26)14-13-24(32)28-16-22(30(2)3)15-20-7-5-4-6-8-20/h4-12,17-18,22H,13-16H2,1-3H3,(H,28,32)/t22-/m1/s1. The Hall–Kier alpha value is -3.29.